The number of nitrogens with zero attached hydrogens (tertiary/aromatic N) is 4. The minimum atomic E-state index is 0.396. The average molecular weight is 326 g/mol. The van der Waals surface area contributed by atoms with Gasteiger partial charge in [0.15, 0.2) is 0 Å². The van der Waals surface area contributed by atoms with E-state index in [-0.39, 0.29) is 0 Å². The summed E-state index contributed by atoms with van der Waals surface area (Å²) in [6.45, 7) is 2.26. The van der Waals surface area contributed by atoms with Gasteiger partial charge >= 0.3 is 0 Å². The van der Waals surface area contributed by atoms with Crippen molar-refractivity contribution in [1.29, 1.82) is 0 Å². The van der Waals surface area contributed by atoms with Crippen LogP contribution in [0.25, 0.3) is 0 Å². The third-order valence-electron chi connectivity index (χ3n) is 4.03. The Balaban J connectivity index is 1.41. The third kappa shape index (κ3) is 3.48. The molecule has 0 amide bonds. The summed E-state index contributed by atoms with van der Waals surface area (Å²) >= 11 is 1.70. The molecule has 0 N–H and O–H groups in total. The number of ether oxygens (including phenoxy) is 1. The molecule has 0 saturated carbocycles. The van der Waals surface area contributed by atoms with Gasteiger partial charge in [0.1, 0.15) is 0 Å². The maximum atomic E-state index is 5.41. The first-order valence-corrected chi connectivity index (χ1v) is 8.70. The zero-order chi connectivity index (χ0) is 15.5. The highest BCUT2D eigenvalue weighted by Crippen LogP contribution is 2.23. The molecular formula is C17H18N4OS. The van der Waals surface area contributed by atoms with Crippen molar-refractivity contribution in [3.05, 3.63) is 63.9 Å². The maximum absolute atomic E-state index is 5.41. The van der Waals surface area contributed by atoms with E-state index in [1.807, 2.05) is 16.9 Å². The number of hydrogen-bond donors (Lipinski definition) is 0. The first kappa shape index (κ1) is 14.5. The normalized spacial score (nSPS) is 17.7. The van der Waals surface area contributed by atoms with Gasteiger partial charge in [-0.2, -0.15) is 0 Å². The van der Waals surface area contributed by atoms with Crippen molar-refractivity contribution in [3.8, 4) is 0 Å². The van der Waals surface area contributed by atoms with Crippen LogP contribution in [-0.4, -0.2) is 33.2 Å². The van der Waals surface area contributed by atoms with E-state index >= 15 is 0 Å². The van der Waals surface area contributed by atoms with Crippen LogP contribution in [0.2, 0.25) is 0 Å². The molecule has 1 aromatic carbocycles. The van der Waals surface area contributed by atoms with Gasteiger partial charge in [-0.05, 0) is 12.0 Å². The van der Waals surface area contributed by atoms with Crippen LogP contribution in [-0.2, 0) is 17.7 Å². The first-order chi connectivity index (χ1) is 11.4. The smallest absolute Gasteiger partial charge is 0.0973 e. The predicted octanol–water partition coefficient (Wildman–Crippen LogP) is 2.88. The molecule has 1 saturated heterocycles. The second-order valence-electron chi connectivity index (χ2n) is 5.80. The zero-order valence-electron chi connectivity index (χ0n) is 12.8. The molecule has 0 aliphatic carbocycles. The highest BCUT2D eigenvalue weighted by atomic mass is 32.1. The molecule has 0 radical (unpaired) electrons. The standard InChI is InChI=1S/C17H18N4OS/c1-2-4-13(5-3-1)8-17-18-15(12-23-17)9-21-10-16(19-20-21)14-6-7-22-11-14/h1-5,10,12,14H,6-9,11H2. The summed E-state index contributed by atoms with van der Waals surface area (Å²) < 4.78 is 7.28. The van der Waals surface area contributed by atoms with Crippen LogP contribution in [0.1, 0.15) is 34.3 Å². The summed E-state index contributed by atoms with van der Waals surface area (Å²) in [6.07, 6.45) is 3.94. The quantitative estimate of drug-likeness (QED) is 0.723. The van der Waals surface area contributed by atoms with Crippen LogP contribution in [0.5, 0.6) is 0 Å². The SMILES string of the molecule is c1ccc(Cc2nc(Cn3cc(C4CCOC4)nn3)cs2)cc1. The third-order valence-corrected chi connectivity index (χ3v) is 4.92. The number of thiazole rings is 1. The Morgan fingerprint density at radius 2 is 2.17 bits per heavy atom. The average Bonchev–Trinajstić information content (AvgIpc) is 3.30. The molecule has 23 heavy (non-hydrogen) atoms. The lowest BCUT2D eigenvalue weighted by Gasteiger charge is -2.00. The highest BCUT2D eigenvalue weighted by molar-refractivity contribution is 7.09. The fourth-order valence-corrected chi connectivity index (χ4v) is 3.60. The topological polar surface area (TPSA) is 52.8 Å². The second-order valence-corrected chi connectivity index (χ2v) is 6.74. The van der Waals surface area contributed by atoms with E-state index in [0.29, 0.717) is 12.5 Å². The molecule has 3 heterocycles. The number of hydrogen-bond acceptors (Lipinski definition) is 5. The second kappa shape index (κ2) is 6.60. The molecule has 1 unspecified atom stereocenters. The van der Waals surface area contributed by atoms with E-state index in [0.717, 1.165) is 42.5 Å². The summed E-state index contributed by atoms with van der Waals surface area (Å²) in [5, 5.41) is 11.7. The summed E-state index contributed by atoms with van der Waals surface area (Å²) in [7, 11) is 0. The maximum Gasteiger partial charge on any atom is 0.0973 e. The number of rotatable bonds is 5. The Kier molecular flexibility index (Phi) is 4.17. The Labute approximate surface area is 138 Å². The highest BCUT2D eigenvalue weighted by Gasteiger charge is 2.20. The van der Waals surface area contributed by atoms with Crippen LogP contribution < -0.4 is 0 Å². The van der Waals surface area contributed by atoms with Crippen molar-refractivity contribution in [2.75, 3.05) is 13.2 Å². The molecule has 1 fully saturated rings. The Bertz CT molecular complexity index is 762. The lowest BCUT2D eigenvalue weighted by atomic mass is 10.1. The molecule has 0 spiro atoms. The van der Waals surface area contributed by atoms with Crippen LogP contribution in [0.15, 0.2) is 41.9 Å². The van der Waals surface area contributed by atoms with E-state index in [2.05, 4.69) is 40.0 Å². The molecule has 5 nitrogen and oxygen atoms in total. The van der Waals surface area contributed by atoms with Crippen LogP contribution >= 0.6 is 11.3 Å². The van der Waals surface area contributed by atoms with Crippen molar-refractivity contribution in [2.45, 2.75) is 25.3 Å². The van der Waals surface area contributed by atoms with Gasteiger partial charge in [-0.3, -0.25) is 0 Å². The predicted molar refractivity (Wildman–Crippen MR) is 88.7 cm³/mol. The van der Waals surface area contributed by atoms with Gasteiger partial charge in [0.05, 0.1) is 29.5 Å². The molecule has 6 heteroatoms. The minimum Gasteiger partial charge on any atom is -0.381 e. The summed E-state index contributed by atoms with van der Waals surface area (Å²) in [4.78, 5) is 4.71. The Morgan fingerprint density at radius 3 is 3.00 bits per heavy atom. The van der Waals surface area contributed by atoms with Crippen molar-refractivity contribution in [3.63, 3.8) is 0 Å². The first-order valence-electron chi connectivity index (χ1n) is 7.82. The van der Waals surface area contributed by atoms with Crippen molar-refractivity contribution in [2.24, 2.45) is 0 Å². The van der Waals surface area contributed by atoms with E-state index in [9.17, 15) is 0 Å². The lowest BCUT2D eigenvalue weighted by molar-refractivity contribution is 0.193. The van der Waals surface area contributed by atoms with Crippen molar-refractivity contribution in [1.82, 2.24) is 20.0 Å². The number of benzene rings is 1. The molecule has 0 bridgehead atoms. The van der Waals surface area contributed by atoms with E-state index < -0.39 is 0 Å². The molecule has 1 aliphatic rings. The van der Waals surface area contributed by atoms with Gasteiger partial charge < -0.3 is 4.74 Å². The Hall–Kier alpha value is -2.05. The minimum absolute atomic E-state index is 0.396. The van der Waals surface area contributed by atoms with E-state index in [1.54, 1.807) is 11.3 Å². The lowest BCUT2D eigenvalue weighted by Crippen LogP contribution is -2.01. The van der Waals surface area contributed by atoms with Crippen molar-refractivity contribution < 1.29 is 4.74 Å². The fraction of sp³-hybridized carbons (Fsp3) is 0.353. The van der Waals surface area contributed by atoms with Gasteiger partial charge in [-0.15, -0.1) is 16.4 Å². The van der Waals surface area contributed by atoms with Gasteiger partial charge in [-0.25, -0.2) is 9.67 Å². The molecule has 1 atom stereocenters. The molecule has 1 aliphatic heterocycles. The zero-order valence-corrected chi connectivity index (χ0v) is 13.6. The fourth-order valence-electron chi connectivity index (χ4n) is 2.78. The van der Waals surface area contributed by atoms with Gasteiger partial charge in [-0.1, -0.05) is 35.5 Å². The summed E-state index contributed by atoms with van der Waals surface area (Å²) in [5.74, 6) is 0.396. The van der Waals surface area contributed by atoms with Crippen LogP contribution in [0.4, 0.5) is 0 Å². The molecular weight excluding hydrogens is 308 g/mol. The molecule has 3 aromatic rings. The summed E-state index contributed by atoms with van der Waals surface area (Å²) in [6, 6.07) is 10.4. The van der Waals surface area contributed by atoms with E-state index in [4.69, 9.17) is 9.72 Å². The molecule has 118 valence electrons. The van der Waals surface area contributed by atoms with Crippen LogP contribution in [0.3, 0.4) is 0 Å². The molecule has 4 rings (SSSR count). The monoisotopic (exact) mass is 326 g/mol. The van der Waals surface area contributed by atoms with Gasteiger partial charge in [0.2, 0.25) is 0 Å². The largest absolute Gasteiger partial charge is 0.381 e. The van der Waals surface area contributed by atoms with Crippen LogP contribution in [0, 0.1) is 0 Å². The van der Waals surface area contributed by atoms with Gasteiger partial charge in [0, 0.05) is 30.5 Å². The van der Waals surface area contributed by atoms with Crippen molar-refractivity contribution >= 4 is 11.3 Å². The Morgan fingerprint density at radius 1 is 1.26 bits per heavy atom. The van der Waals surface area contributed by atoms with E-state index in [1.165, 1.54) is 5.56 Å². The number of aromatic nitrogens is 4. The van der Waals surface area contributed by atoms with Gasteiger partial charge in [0.25, 0.3) is 0 Å². The molecule has 2 aromatic heterocycles. The summed E-state index contributed by atoms with van der Waals surface area (Å²) in [5.41, 5.74) is 3.36.